The van der Waals surface area contributed by atoms with Crippen molar-refractivity contribution in [1.29, 1.82) is 0 Å². The molecule has 2 amide bonds. The summed E-state index contributed by atoms with van der Waals surface area (Å²) in [4.78, 5) is 30.4. The SMILES string of the molecule is CC(C)(C)N(CCCNC(=O)c1c2ccccc2nc2ccccc12)C(=O)O. The number of rotatable bonds is 5. The van der Waals surface area contributed by atoms with E-state index in [2.05, 4.69) is 10.3 Å². The topological polar surface area (TPSA) is 82.5 Å². The Bertz CT molecular complexity index is 970. The van der Waals surface area contributed by atoms with Crippen LogP contribution in [0.2, 0.25) is 0 Å². The third-order valence-electron chi connectivity index (χ3n) is 4.70. The molecule has 0 radical (unpaired) electrons. The number of fused-ring (bicyclic) bond motifs is 2. The quantitative estimate of drug-likeness (QED) is 0.512. The van der Waals surface area contributed by atoms with Crippen molar-refractivity contribution in [2.75, 3.05) is 13.1 Å². The average Bonchev–Trinajstić information content (AvgIpc) is 2.64. The van der Waals surface area contributed by atoms with Crippen molar-refractivity contribution in [3.63, 3.8) is 0 Å². The van der Waals surface area contributed by atoms with Crippen LogP contribution in [0.4, 0.5) is 4.79 Å². The zero-order valence-electron chi connectivity index (χ0n) is 16.4. The van der Waals surface area contributed by atoms with Gasteiger partial charge < -0.3 is 15.3 Å². The number of hydrogen-bond acceptors (Lipinski definition) is 3. The molecule has 3 rings (SSSR count). The lowest BCUT2D eigenvalue weighted by Gasteiger charge is -2.33. The van der Waals surface area contributed by atoms with Crippen molar-refractivity contribution in [2.24, 2.45) is 0 Å². The van der Waals surface area contributed by atoms with E-state index in [4.69, 9.17) is 0 Å². The molecule has 0 unspecified atom stereocenters. The van der Waals surface area contributed by atoms with Gasteiger partial charge in [-0.05, 0) is 39.3 Å². The normalized spacial score (nSPS) is 11.5. The maximum atomic E-state index is 13.0. The zero-order valence-corrected chi connectivity index (χ0v) is 16.4. The van der Waals surface area contributed by atoms with Gasteiger partial charge in [0.15, 0.2) is 0 Å². The van der Waals surface area contributed by atoms with Crippen LogP contribution in [0.25, 0.3) is 21.8 Å². The predicted molar refractivity (Wildman–Crippen MR) is 111 cm³/mol. The number of para-hydroxylation sites is 2. The summed E-state index contributed by atoms with van der Waals surface area (Å²) in [7, 11) is 0. The van der Waals surface area contributed by atoms with Crippen LogP contribution in [0.1, 0.15) is 37.6 Å². The highest BCUT2D eigenvalue weighted by atomic mass is 16.4. The van der Waals surface area contributed by atoms with Gasteiger partial charge in [-0.3, -0.25) is 4.79 Å². The summed E-state index contributed by atoms with van der Waals surface area (Å²) in [6, 6.07) is 15.2. The first kappa shape index (κ1) is 19.6. The van der Waals surface area contributed by atoms with E-state index in [-0.39, 0.29) is 5.91 Å². The van der Waals surface area contributed by atoms with Gasteiger partial charge in [-0.1, -0.05) is 36.4 Å². The molecule has 0 saturated heterocycles. The van der Waals surface area contributed by atoms with Gasteiger partial charge in [-0.25, -0.2) is 9.78 Å². The molecular formula is C22H25N3O3. The molecule has 0 bridgehead atoms. The smallest absolute Gasteiger partial charge is 0.407 e. The molecule has 1 aromatic heterocycles. The molecular weight excluding hydrogens is 354 g/mol. The van der Waals surface area contributed by atoms with Gasteiger partial charge >= 0.3 is 6.09 Å². The fourth-order valence-corrected chi connectivity index (χ4v) is 3.33. The number of nitrogens with one attached hydrogen (secondary N) is 1. The van der Waals surface area contributed by atoms with Gasteiger partial charge in [0.1, 0.15) is 0 Å². The van der Waals surface area contributed by atoms with Gasteiger partial charge in [0.25, 0.3) is 5.91 Å². The maximum Gasteiger partial charge on any atom is 0.407 e. The molecule has 3 aromatic rings. The summed E-state index contributed by atoms with van der Waals surface area (Å²) >= 11 is 0. The van der Waals surface area contributed by atoms with Crippen molar-refractivity contribution >= 4 is 33.8 Å². The van der Waals surface area contributed by atoms with E-state index in [1.54, 1.807) is 0 Å². The van der Waals surface area contributed by atoms with Crippen molar-refractivity contribution in [3.8, 4) is 0 Å². The molecule has 0 aliphatic rings. The highest BCUT2D eigenvalue weighted by Crippen LogP contribution is 2.25. The molecule has 6 nitrogen and oxygen atoms in total. The first-order valence-electron chi connectivity index (χ1n) is 9.35. The fourth-order valence-electron chi connectivity index (χ4n) is 3.33. The van der Waals surface area contributed by atoms with Crippen LogP contribution in [0.5, 0.6) is 0 Å². The Morgan fingerprint density at radius 1 is 1.00 bits per heavy atom. The molecule has 0 atom stereocenters. The maximum absolute atomic E-state index is 13.0. The van der Waals surface area contributed by atoms with Crippen LogP contribution in [-0.4, -0.2) is 45.6 Å². The highest BCUT2D eigenvalue weighted by molar-refractivity contribution is 6.16. The summed E-state index contributed by atoms with van der Waals surface area (Å²) < 4.78 is 0. The van der Waals surface area contributed by atoms with Crippen LogP contribution >= 0.6 is 0 Å². The van der Waals surface area contributed by atoms with Crippen LogP contribution < -0.4 is 5.32 Å². The number of carbonyl (C=O) groups excluding carboxylic acids is 1. The minimum atomic E-state index is -0.954. The molecule has 2 N–H and O–H groups in total. The standard InChI is InChI=1S/C22H25N3O3/c1-22(2,3)25(21(27)28)14-8-13-23-20(26)19-15-9-4-6-11-17(15)24-18-12-7-5-10-16(18)19/h4-7,9-12H,8,13-14H2,1-3H3,(H,23,26)(H,27,28). The summed E-state index contributed by atoms with van der Waals surface area (Å²) in [5.41, 5.74) is 1.67. The van der Waals surface area contributed by atoms with Gasteiger partial charge in [0.2, 0.25) is 0 Å². The monoisotopic (exact) mass is 379 g/mol. The summed E-state index contributed by atoms with van der Waals surface area (Å²) in [6.45, 7) is 6.32. The number of hydrogen-bond donors (Lipinski definition) is 2. The fraction of sp³-hybridized carbons (Fsp3) is 0.318. The van der Waals surface area contributed by atoms with E-state index in [0.29, 0.717) is 25.1 Å². The number of carboxylic acid groups (broad SMARTS) is 1. The van der Waals surface area contributed by atoms with E-state index < -0.39 is 11.6 Å². The second-order valence-electron chi connectivity index (χ2n) is 7.74. The number of pyridine rings is 1. The minimum Gasteiger partial charge on any atom is -0.465 e. The molecule has 6 heteroatoms. The van der Waals surface area contributed by atoms with Crippen molar-refractivity contribution in [2.45, 2.75) is 32.7 Å². The third kappa shape index (κ3) is 4.06. The Morgan fingerprint density at radius 2 is 1.54 bits per heavy atom. The molecule has 146 valence electrons. The first-order chi connectivity index (χ1) is 13.3. The Morgan fingerprint density at radius 3 is 2.04 bits per heavy atom. The number of aromatic nitrogens is 1. The second kappa shape index (κ2) is 7.84. The zero-order chi connectivity index (χ0) is 20.3. The lowest BCUT2D eigenvalue weighted by molar-refractivity contribution is 0.0939. The Hall–Kier alpha value is -3.15. The third-order valence-corrected chi connectivity index (χ3v) is 4.70. The molecule has 0 spiro atoms. The summed E-state index contributed by atoms with van der Waals surface area (Å²) in [5, 5.41) is 13.9. The van der Waals surface area contributed by atoms with E-state index >= 15 is 0 Å². The van der Waals surface area contributed by atoms with Crippen molar-refractivity contribution in [3.05, 3.63) is 54.1 Å². The van der Waals surface area contributed by atoms with Crippen molar-refractivity contribution in [1.82, 2.24) is 15.2 Å². The Kier molecular flexibility index (Phi) is 5.49. The molecule has 0 aliphatic carbocycles. The Balaban J connectivity index is 1.79. The number of nitrogens with zero attached hydrogens (tertiary/aromatic N) is 2. The average molecular weight is 379 g/mol. The molecule has 0 saturated carbocycles. The second-order valence-corrected chi connectivity index (χ2v) is 7.74. The van der Waals surface area contributed by atoms with E-state index in [1.165, 1.54) is 4.90 Å². The number of carbonyl (C=O) groups is 2. The van der Waals surface area contributed by atoms with E-state index in [0.717, 1.165) is 21.8 Å². The van der Waals surface area contributed by atoms with Gasteiger partial charge in [0, 0.05) is 29.4 Å². The van der Waals surface area contributed by atoms with Crippen LogP contribution in [0, 0.1) is 0 Å². The van der Waals surface area contributed by atoms with Crippen LogP contribution in [0.3, 0.4) is 0 Å². The van der Waals surface area contributed by atoms with Crippen LogP contribution in [0.15, 0.2) is 48.5 Å². The van der Waals surface area contributed by atoms with Crippen molar-refractivity contribution < 1.29 is 14.7 Å². The Labute approximate surface area is 164 Å². The molecule has 0 aliphatic heterocycles. The summed E-state index contributed by atoms with van der Waals surface area (Å²) in [5.74, 6) is -0.174. The highest BCUT2D eigenvalue weighted by Gasteiger charge is 2.25. The van der Waals surface area contributed by atoms with Crippen LogP contribution in [-0.2, 0) is 0 Å². The first-order valence-corrected chi connectivity index (χ1v) is 9.35. The predicted octanol–water partition coefficient (Wildman–Crippen LogP) is 4.29. The van der Waals surface area contributed by atoms with Gasteiger partial charge in [-0.15, -0.1) is 0 Å². The number of amides is 2. The molecule has 1 heterocycles. The lowest BCUT2D eigenvalue weighted by Crippen LogP contribution is -2.46. The molecule has 0 fully saturated rings. The van der Waals surface area contributed by atoms with E-state index in [1.807, 2.05) is 69.3 Å². The minimum absolute atomic E-state index is 0.174. The van der Waals surface area contributed by atoms with E-state index in [9.17, 15) is 14.7 Å². The van der Waals surface area contributed by atoms with Gasteiger partial charge in [-0.2, -0.15) is 0 Å². The summed E-state index contributed by atoms with van der Waals surface area (Å²) in [6.07, 6.45) is -0.416. The molecule has 2 aromatic carbocycles. The lowest BCUT2D eigenvalue weighted by atomic mass is 10.0. The molecule has 28 heavy (non-hydrogen) atoms. The largest absolute Gasteiger partial charge is 0.465 e. The van der Waals surface area contributed by atoms with Gasteiger partial charge in [0.05, 0.1) is 16.6 Å². The number of benzene rings is 2.